The van der Waals surface area contributed by atoms with Gasteiger partial charge in [0.25, 0.3) is 5.91 Å². The third kappa shape index (κ3) is 3.77. The predicted octanol–water partition coefficient (Wildman–Crippen LogP) is 4.24. The number of nitrogens with zero attached hydrogens (tertiary/aromatic N) is 4. The second kappa shape index (κ2) is 8.38. The first-order valence-corrected chi connectivity index (χ1v) is 11.5. The third-order valence-electron chi connectivity index (χ3n) is 6.04. The first kappa shape index (κ1) is 20.7. The van der Waals surface area contributed by atoms with E-state index < -0.39 is 6.03 Å². The molecule has 164 valence electrons. The monoisotopic (exact) mass is 494 g/mol. The molecular formula is C23H23BrN6O2. The van der Waals surface area contributed by atoms with Crippen molar-refractivity contribution in [2.24, 2.45) is 5.73 Å². The number of carbonyl (C=O) groups excluding carboxylic acids is 2. The molecule has 2 aromatic carbocycles. The molecule has 0 unspecified atom stereocenters. The summed E-state index contributed by atoms with van der Waals surface area (Å²) < 4.78 is 2.76. The number of amides is 3. The second-order valence-corrected chi connectivity index (χ2v) is 9.08. The molecular weight excluding hydrogens is 472 g/mol. The van der Waals surface area contributed by atoms with Crippen LogP contribution in [0.15, 0.2) is 46.9 Å². The molecule has 2 heterocycles. The van der Waals surface area contributed by atoms with E-state index in [0.29, 0.717) is 5.65 Å². The number of nitrogens with one attached hydrogen (secondary N) is 1. The zero-order valence-corrected chi connectivity index (χ0v) is 19.0. The van der Waals surface area contributed by atoms with Crippen LogP contribution in [0.5, 0.6) is 0 Å². The lowest BCUT2D eigenvalue weighted by Crippen LogP contribution is -2.55. The Hall–Kier alpha value is -3.20. The van der Waals surface area contributed by atoms with Gasteiger partial charge in [0.15, 0.2) is 5.65 Å². The molecule has 0 bridgehead atoms. The molecule has 0 aliphatic heterocycles. The average molecular weight is 495 g/mol. The lowest BCUT2D eigenvalue weighted by molar-refractivity contribution is -0.126. The van der Waals surface area contributed by atoms with Crippen molar-refractivity contribution in [3.8, 4) is 0 Å². The van der Waals surface area contributed by atoms with Gasteiger partial charge in [-0.15, -0.1) is 0 Å². The Morgan fingerprint density at radius 3 is 2.53 bits per heavy atom. The van der Waals surface area contributed by atoms with Crippen LogP contribution >= 0.6 is 15.9 Å². The van der Waals surface area contributed by atoms with Gasteiger partial charge in [0.2, 0.25) is 0 Å². The Morgan fingerprint density at radius 2 is 1.81 bits per heavy atom. The summed E-state index contributed by atoms with van der Waals surface area (Å²) in [6.45, 7) is -0.00878. The molecule has 32 heavy (non-hydrogen) atoms. The molecule has 1 aliphatic rings. The summed E-state index contributed by atoms with van der Waals surface area (Å²) in [5.41, 5.74) is 12.1. The summed E-state index contributed by atoms with van der Waals surface area (Å²) in [5.74, 6) is -0.328. The number of fused-ring (bicyclic) bond motifs is 4. The van der Waals surface area contributed by atoms with Gasteiger partial charge in [-0.1, -0.05) is 47.3 Å². The van der Waals surface area contributed by atoms with Crippen molar-refractivity contribution in [2.75, 3.05) is 0 Å². The SMILES string of the molecule is NC(=O)N(NC(=O)Cn1c2ccc(Br)cc2c2nc3ccccc3nc21)C1CCCCC1. The zero-order chi connectivity index (χ0) is 22.2. The Balaban J connectivity index is 1.54. The van der Waals surface area contributed by atoms with Crippen molar-refractivity contribution < 1.29 is 9.59 Å². The maximum Gasteiger partial charge on any atom is 0.333 e. The molecule has 1 fully saturated rings. The zero-order valence-electron chi connectivity index (χ0n) is 17.4. The van der Waals surface area contributed by atoms with Crippen molar-refractivity contribution in [1.82, 2.24) is 25.0 Å². The molecule has 0 atom stereocenters. The van der Waals surface area contributed by atoms with Crippen LogP contribution in [0.3, 0.4) is 0 Å². The Kier molecular flexibility index (Phi) is 5.42. The number of halogens is 1. The highest BCUT2D eigenvalue weighted by Crippen LogP contribution is 2.30. The Labute approximate surface area is 192 Å². The summed E-state index contributed by atoms with van der Waals surface area (Å²) >= 11 is 3.53. The first-order chi connectivity index (χ1) is 15.5. The van der Waals surface area contributed by atoms with E-state index in [1.54, 1.807) is 0 Å². The van der Waals surface area contributed by atoms with Crippen LogP contribution in [-0.4, -0.2) is 37.5 Å². The molecule has 0 spiro atoms. The molecule has 3 N–H and O–H groups in total. The van der Waals surface area contributed by atoms with E-state index in [9.17, 15) is 9.59 Å². The van der Waals surface area contributed by atoms with Gasteiger partial charge in [0.05, 0.1) is 22.6 Å². The van der Waals surface area contributed by atoms with E-state index in [0.717, 1.165) is 64.0 Å². The van der Waals surface area contributed by atoms with Crippen LogP contribution in [0.2, 0.25) is 0 Å². The number of primary amides is 1. The van der Waals surface area contributed by atoms with E-state index in [4.69, 9.17) is 15.7 Å². The topological polar surface area (TPSA) is 106 Å². The maximum atomic E-state index is 13.0. The number of hydrazine groups is 1. The minimum absolute atomic E-state index is 0.00878. The standard InChI is InChI=1S/C23H23BrN6O2/c24-14-10-11-19-16(12-14)21-22(27-18-9-5-4-8-17(18)26-21)29(19)13-20(31)28-30(23(25)32)15-6-2-1-3-7-15/h4-5,8-12,15H,1-3,6-7,13H2,(H2,25,32)(H,28,31). The van der Waals surface area contributed by atoms with Crippen LogP contribution in [0, 0.1) is 0 Å². The van der Waals surface area contributed by atoms with Gasteiger partial charge in [0, 0.05) is 9.86 Å². The molecule has 4 aromatic rings. The quantitative estimate of drug-likeness (QED) is 0.415. The molecule has 0 saturated heterocycles. The molecule has 5 rings (SSSR count). The summed E-state index contributed by atoms with van der Waals surface area (Å²) in [4.78, 5) is 34.7. The van der Waals surface area contributed by atoms with Crippen LogP contribution in [0.25, 0.3) is 33.1 Å². The number of hydrogen-bond donors (Lipinski definition) is 2. The number of nitrogens with two attached hydrogens (primary N) is 1. The van der Waals surface area contributed by atoms with Crippen LogP contribution in [0.1, 0.15) is 32.1 Å². The smallest absolute Gasteiger partial charge is 0.333 e. The molecule has 9 heteroatoms. The number of benzene rings is 2. The third-order valence-corrected chi connectivity index (χ3v) is 6.53. The second-order valence-electron chi connectivity index (χ2n) is 8.17. The minimum Gasteiger partial charge on any atom is -0.350 e. The summed E-state index contributed by atoms with van der Waals surface area (Å²) in [6, 6.07) is 12.8. The van der Waals surface area contributed by atoms with Crippen molar-refractivity contribution in [3.05, 3.63) is 46.9 Å². The number of carbonyl (C=O) groups is 2. The summed E-state index contributed by atoms with van der Waals surface area (Å²) in [6.07, 6.45) is 4.86. The van der Waals surface area contributed by atoms with Gasteiger partial charge in [-0.3, -0.25) is 10.2 Å². The lowest BCUT2D eigenvalue weighted by Gasteiger charge is -2.32. The number of aromatic nitrogens is 3. The normalized spacial score (nSPS) is 14.8. The summed E-state index contributed by atoms with van der Waals surface area (Å²) in [5, 5.41) is 2.20. The predicted molar refractivity (Wildman–Crippen MR) is 127 cm³/mol. The van der Waals surface area contributed by atoms with E-state index in [1.807, 2.05) is 47.0 Å². The Bertz CT molecular complexity index is 1340. The average Bonchev–Trinajstić information content (AvgIpc) is 3.08. The van der Waals surface area contributed by atoms with Gasteiger partial charge in [-0.05, 0) is 43.2 Å². The van der Waals surface area contributed by atoms with E-state index in [-0.39, 0.29) is 18.5 Å². The molecule has 8 nitrogen and oxygen atoms in total. The molecule has 3 amide bonds. The molecule has 2 aromatic heterocycles. The van der Waals surface area contributed by atoms with Gasteiger partial charge >= 0.3 is 6.03 Å². The number of hydrogen-bond acceptors (Lipinski definition) is 4. The highest BCUT2D eigenvalue weighted by molar-refractivity contribution is 9.10. The van der Waals surface area contributed by atoms with Crippen molar-refractivity contribution in [2.45, 2.75) is 44.7 Å². The van der Waals surface area contributed by atoms with Gasteiger partial charge in [-0.25, -0.2) is 19.8 Å². The molecule has 1 saturated carbocycles. The molecule has 0 radical (unpaired) electrons. The fourth-order valence-corrected chi connectivity index (χ4v) is 4.91. The van der Waals surface area contributed by atoms with E-state index in [1.165, 1.54) is 5.01 Å². The van der Waals surface area contributed by atoms with Crippen molar-refractivity contribution in [1.29, 1.82) is 0 Å². The fraction of sp³-hybridized carbons (Fsp3) is 0.304. The molecule has 1 aliphatic carbocycles. The number of urea groups is 1. The van der Waals surface area contributed by atoms with E-state index >= 15 is 0 Å². The number of para-hydroxylation sites is 2. The highest BCUT2D eigenvalue weighted by Gasteiger charge is 2.26. The van der Waals surface area contributed by atoms with Crippen LogP contribution in [0.4, 0.5) is 4.79 Å². The van der Waals surface area contributed by atoms with Crippen molar-refractivity contribution >= 4 is 61.0 Å². The minimum atomic E-state index is -0.637. The van der Waals surface area contributed by atoms with Gasteiger partial charge < -0.3 is 10.3 Å². The van der Waals surface area contributed by atoms with Crippen LogP contribution < -0.4 is 11.2 Å². The van der Waals surface area contributed by atoms with Crippen LogP contribution in [-0.2, 0) is 11.3 Å². The van der Waals surface area contributed by atoms with Gasteiger partial charge in [-0.2, -0.15) is 0 Å². The van der Waals surface area contributed by atoms with E-state index in [2.05, 4.69) is 21.4 Å². The number of rotatable bonds is 3. The van der Waals surface area contributed by atoms with Gasteiger partial charge in [0.1, 0.15) is 12.1 Å². The Morgan fingerprint density at radius 1 is 1.09 bits per heavy atom. The van der Waals surface area contributed by atoms with Crippen molar-refractivity contribution in [3.63, 3.8) is 0 Å². The maximum absolute atomic E-state index is 13.0. The first-order valence-electron chi connectivity index (χ1n) is 10.7. The highest BCUT2D eigenvalue weighted by atomic mass is 79.9. The fourth-order valence-electron chi connectivity index (χ4n) is 4.55. The largest absolute Gasteiger partial charge is 0.350 e. The summed E-state index contributed by atoms with van der Waals surface area (Å²) in [7, 11) is 0. The lowest BCUT2D eigenvalue weighted by atomic mass is 9.95.